The Morgan fingerprint density at radius 3 is 2.60 bits per heavy atom. The van der Waals surface area contributed by atoms with Crippen molar-refractivity contribution < 1.29 is 14.6 Å². The van der Waals surface area contributed by atoms with Crippen molar-refractivity contribution in [3.05, 3.63) is 29.3 Å². The largest absolute Gasteiger partial charge is 0.478 e. The van der Waals surface area contributed by atoms with Crippen LogP contribution in [0.2, 0.25) is 5.02 Å². The summed E-state index contributed by atoms with van der Waals surface area (Å²) in [5, 5.41) is 9.44. The van der Waals surface area contributed by atoms with Crippen LogP contribution in [0.1, 0.15) is 13.8 Å². The molecule has 3 nitrogen and oxygen atoms in total. The normalized spacial score (nSPS) is 12.5. The number of hydrogen-bond acceptors (Lipinski definition) is 2. The SMILES string of the molecule is CC(C)[C@H](Oc1cccc(Cl)c1)C(=O)O. The lowest BCUT2D eigenvalue weighted by molar-refractivity contribution is -0.147. The van der Waals surface area contributed by atoms with Crippen LogP contribution in [0.3, 0.4) is 0 Å². The van der Waals surface area contributed by atoms with Gasteiger partial charge in [0.15, 0.2) is 6.10 Å². The van der Waals surface area contributed by atoms with Gasteiger partial charge >= 0.3 is 5.97 Å². The van der Waals surface area contributed by atoms with Gasteiger partial charge in [0.1, 0.15) is 5.75 Å². The number of aliphatic carboxylic acids is 1. The smallest absolute Gasteiger partial charge is 0.345 e. The summed E-state index contributed by atoms with van der Waals surface area (Å²) in [5.41, 5.74) is 0. The molecule has 0 aliphatic carbocycles. The molecule has 4 heteroatoms. The molecule has 0 aromatic heterocycles. The van der Waals surface area contributed by atoms with Crippen molar-refractivity contribution in [1.82, 2.24) is 0 Å². The Morgan fingerprint density at radius 1 is 1.47 bits per heavy atom. The molecule has 0 bridgehead atoms. The van der Waals surface area contributed by atoms with Crippen molar-refractivity contribution in [2.75, 3.05) is 0 Å². The van der Waals surface area contributed by atoms with Crippen LogP contribution in [0.25, 0.3) is 0 Å². The molecule has 0 unspecified atom stereocenters. The molecular formula is C11H13ClO3. The highest BCUT2D eigenvalue weighted by Gasteiger charge is 2.23. The maximum absolute atomic E-state index is 10.9. The predicted molar refractivity (Wildman–Crippen MR) is 58.3 cm³/mol. The minimum atomic E-state index is -0.968. The van der Waals surface area contributed by atoms with E-state index in [-0.39, 0.29) is 5.92 Å². The van der Waals surface area contributed by atoms with Crippen LogP contribution in [0.15, 0.2) is 24.3 Å². The summed E-state index contributed by atoms with van der Waals surface area (Å²) < 4.78 is 5.33. The first kappa shape index (κ1) is 11.9. The van der Waals surface area contributed by atoms with Gasteiger partial charge in [-0.05, 0) is 18.2 Å². The zero-order valence-electron chi connectivity index (χ0n) is 8.61. The van der Waals surface area contributed by atoms with E-state index in [9.17, 15) is 4.79 Å². The van der Waals surface area contributed by atoms with Crippen molar-refractivity contribution in [1.29, 1.82) is 0 Å². The molecule has 0 heterocycles. The summed E-state index contributed by atoms with van der Waals surface area (Å²) in [7, 11) is 0. The highest BCUT2D eigenvalue weighted by Crippen LogP contribution is 2.20. The van der Waals surface area contributed by atoms with Crippen LogP contribution in [0.4, 0.5) is 0 Å². The summed E-state index contributed by atoms with van der Waals surface area (Å²) in [6, 6.07) is 6.71. The molecule has 1 atom stereocenters. The van der Waals surface area contributed by atoms with Crippen LogP contribution < -0.4 is 4.74 Å². The highest BCUT2D eigenvalue weighted by molar-refractivity contribution is 6.30. The minimum absolute atomic E-state index is 0.0959. The summed E-state index contributed by atoms with van der Waals surface area (Å²) in [6.45, 7) is 3.59. The van der Waals surface area contributed by atoms with Crippen LogP contribution in [0, 0.1) is 5.92 Å². The van der Waals surface area contributed by atoms with E-state index in [1.807, 2.05) is 0 Å². The predicted octanol–water partition coefficient (Wildman–Crippen LogP) is 2.83. The first-order valence-electron chi connectivity index (χ1n) is 4.65. The molecule has 0 spiro atoms. The zero-order chi connectivity index (χ0) is 11.4. The molecule has 0 saturated carbocycles. The lowest BCUT2D eigenvalue weighted by Crippen LogP contribution is -2.32. The van der Waals surface area contributed by atoms with E-state index in [1.54, 1.807) is 38.1 Å². The van der Waals surface area contributed by atoms with Crippen molar-refractivity contribution in [2.45, 2.75) is 20.0 Å². The van der Waals surface area contributed by atoms with Gasteiger partial charge in [0, 0.05) is 10.9 Å². The average Bonchev–Trinajstić information content (AvgIpc) is 2.13. The highest BCUT2D eigenvalue weighted by atomic mass is 35.5. The number of rotatable bonds is 4. The molecular weight excluding hydrogens is 216 g/mol. The van der Waals surface area contributed by atoms with Crippen molar-refractivity contribution in [2.24, 2.45) is 5.92 Å². The third-order valence-corrected chi connectivity index (χ3v) is 2.14. The molecule has 0 radical (unpaired) electrons. The van der Waals surface area contributed by atoms with Gasteiger partial charge in [-0.1, -0.05) is 31.5 Å². The number of carboxylic acid groups (broad SMARTS) is 1. The maximum Gasteiger partial charge on any atom is 0.345 e. The molecule has 0 amide bonds. The molecule has 0 aliphatic rings. The number of ether oxygens (including phenoxy) is 1. The lowest BCUT2D eigenvalue weighted by atomic mass is 10.1. The molecule has 82 valence electrons. The number of halogens is 1. The van der Waals surface area contributed by atoms with E-state index in [0.717, 1.165) is 0 Å². The first-order valence-corrected chi connectivity index (χ1v) is 5.03. The Hall–Kier alpha value is -1.22. The van der Waals surface area contributed by atoms with Gasteiger partial charge in [0.25, 0.3) is 0 Å². The first-order chi connectivity index (χ1) is 7.00. The van der Waals surface area contributed by atoms with E-state index < -0.39 is 12.1 Å². The van der Waals surface area contributed by atoms with Gasteiger partial charge in [-0.15, -0.1) is 0 Å². The van der Waals surface area contributed by atoms with Crippen LogP contribution in [-0.2, 0) is 4.79 Å². The number of benzene rings is 1. The Morgan fingerprint density at radius 2 is 2.13 bits per heavy atom. The van der Waals surface area contributed by atoms with E-state index in [2.05, 4.69) is 0 Å². The van der Waals surface area contributed by atoms with Gasteiger partial charge in [-0.25, -0.2) is 4.79 Å². The molecule has 1 N–H and O–H groups in total. The summed E-state index contributed by atoms with van der Waals surface area (Å²) >= 11 is 5.76. The summed E-state index contributed by atoms with van der Waals surface area (Å²) in [5.74, 6) is -0.588. The lowest BCUT2D eigenvalue weighted by Gasteiger charge is -2.18. The molecule has 0 fully saturated rings. The molecule has 1 rings (SSSR count). The van der Waals surface area contributed by atoms with Crippen LogP contribution >= 0.6 is 11.6 Å². The number of carbonyl (C=O) groups is 1. The van der Waals surface area contributed by atoms with Crippen LogP contribution in [0.5, 0.6) is 5.75 Å². The Labute approximate surface area is 93.6 Å². The second-order valence-electron chi connectivity index (χ2n) is 3.58. The standard InChI is InChI=1S/C11H13ClO3/c1-7(2)10(11(13)14)15-9-5-3-4-8(12)6-9/h3-7,10H,1-2H3,(H,13,14)/t10-/m0/s1. The molecule has 0 aliphatic heterocycles. The number of hydrogen-bond donors (Lipinski definition) is 1. The maximum atomic E-state index is 10.9. The Kier molecular flexibility index (Phi) is 3.97. The monoisotopic (exact) mass is 228 g/mol. The molecule has 1 aromatic rings. The van der Waals surface area contributed by atoms with Gasteiger partial charge < -0.3 is 9.84 Å². The third kappa shape index (κ3) is 3.44. The fraction of sp³-hybridized carbons (Fsp3) is 0.364. The summed E-state index contributed by atoms with van der Waals surface area (Å²) in [4.78, 5) is 10.9. The molecule has 15 heavy (non-hydrogen) atoms. The fourth-order valence-corrected chi connectivity index (χ4v) is 1.34. The minimum Gasteiger partial charge on any atom is -0.478 e. The van der Waals surface area contributed by atoms with E-state index >= 15 is 0 Å². The fourth-order valence-electron chi connectivity index (χ4n) is 1.16. The van der Waals surface area contributed by atoms with Gasteiger partial charge in [0.2, 0.25) is 0 Å². The van der Waals surface area contributed by atoms with E-state index in [1.165, 1.54) is 0 Å². The zero-order valence-corrected chi connectivity index (χ0v) is 9.36. The second-order valence-corrected chi connectivity index (χ2v) is 4.01. The second kappa shape index (κ2) is 5.03. The van der Waals surface area contributed by atoms with Crippen molar-refractivity contribution in [3.63, 3.8) is 0 Å². The van der Waals surface area contributed by atoms with E-state index in [4.69, 9.17) is 21.4 Å². The van der Waals surface area contributed by atoms with Gasteiger partial charge in [-0.2, -0.15) is 0 Å². The van der Waals surface area contributed by atoms with Gasteiger partial charge in [0.05, 0.1) is 0 Å². The number of carboxylic acids is 1. The third-order valence-electron chi connectivity index (χ3n) is 1.91. The average molecular weight is 229 g/mol. The Bertz CT molecular complexity index is 349. The van der Waals surface area contributed by atoms with E-state index in [0.29, 0.717) is 10.8 Å². The topological polar surface area (TPSA) is 46.5 Å². The quantitative estimate of drug-likeness (QED) is 0.862. The summed E-state index contributed by atoms with van der Waals surface area (Å²) in [6.07, 6.45) is -0.844. The molecule has 0 saturated heterocycles. The van der Waals surface area contributed by atoms with Gasteiger partial charge in [-0.3, -0.25) is 0 Å². The Balaban J connectivity index is 2.79. The van der Waals surface area contributed by atoms with Crippen LogP contribution in [-0.4, -0.2) is 17.2 Å². The van der Waals surface area contributed by atoms with Crippen molar-refractivity contribution >= 4 is 17.6 Å². The molecule has 1 aromatic carbocycles. The van der Waals surface area contributed by atoms with Crippen molar-refractivity contribution in [3.8, 4) is 5.75 Å².